The van der Waals surface area contributed by atoms with Crippen LogP contribution in [0, 0.1) is 0 Å². The third kappa shape index (κ3) is 52.0. The predicted molar refractivity (Wildman–Crippen MR) is 292 cm³/mol. The van der Waals surface area contributed by atoms with E-state index in [1.807, 2.05) is 24.3 Å². The quantitative estimate of drug-likeness (QED) is 0.0262. The summed E-state index contributed by atoms with van der Waals surface area (Å²) >= 11 is 0. The van der Waals surface area contributed by atoms with Crippen LogP contribution in [0.5, 0.6) is 0 Å². The largest absolute Gasteiger partial charge is 0.462 e. The number of allylic oxidation sites excluding steroid dienone is 26. The summed E-state index contributed by atoms with van der Waals surface area (Å²) in [5, 5.41) is 0. The van der Waals surface area contributed by atoms with Crippen LogP contribution in [-0.4, -0.2) is 37.2 Å². The first-order valence-electron chi connectivity index (χ1n) is 26.5. The number of unbranched alkanes of at least 4 members (excludes halogenated alkanes) is 8. The van der Waals surface area contributed by atoms with Crippen LogP contribution in [0.15, 0.2) is 158 Å². The summed E-state index contributed by atoms with van der Waals surface area (Å²) in [4.78, 5) is 38.0. The van der Waals surface area contributed by atoms with Crippen LogP contribution in [0.3, 0.4) is 0 Å². The van der Waals surface area contributed by atoms with E-state index in [4.69, 9.17) is 14.2 Å². The van der Waals surface area contributed by atoms with Gasteiger partial charge in [0.1, 0.15) is 13.2 Å². The lowest BCUT2D eigenvalue weighted by Gasteiger charge is -2.18. The SMILES string of the molecule is CC/C=C\C/C=C\C/C=C\C/C=C\C/C=C\C/C=C\CCC(=O)OCC(COC(=O)CCCCCCC/C=C\CCCCC)OC(=O)CC/C=C\C/C=C\C/C=C\C/C=C\C/C=C\C/C=C\CC. The van der Waals surface area contributed by atoms with E-state index in [0.29, 0.717) is 19.3 Å². The van der Waals surface area contributed by atoms with Crippen LogP contribution in [0.4, 0.5) is 0 Å². The van der Waals surface area contributed by atoms with Crippen molar-refractivity contribution in [2.24, 2.45) is 0 Å². The molecule has 0 rings (SSSR count). The first-order chi connectivity index (χ1) is 33.5. The molecule has 1 unspecified atom stereocenters. The van der Waals surface area contributed by atoms with E-state index >= 15 is 0 Å². The summed E-state index contributed by atoms with van der Waals surface area (Å²) in [6.45, 7) is 6.22. The first kappa shape index (κ1) is 63.0. The van der Waals surface area contributed by atoms with Gasteiger partial charge in [-0.1, -0.05) is 211 Å². The van der Waals surface area contributed by atoms with Gasteiger partial charge in [0, 0.05) is 19.3 Å². The van der Waals surface area contributed by atoms with E-state index in [9.17, 15) is 14.4 Å². The third-order valence-electron chi connectivity index (χ3n) is 10.3. The molecule has 6 heteroatoms. The highest BCUT2D eigenvalue weighted by molar-refractivity contribution is 5.71. The summed E-state index contributed by atoms with van der Waals surface area (Å²) in [5.74, 6) is -1.14. The fraction of sp³-hybridized carbons (Fsp3) is 0.532. The lowest BCUT2D eigenvalue weighted by molar-refractivity contribution is -0.166. The summed E-state index contributed by atoms with van der Waals surface area (Å²) in [7, 11) is 0. The minimum Gasteiger partial charge on any atom is -0.462 e. The Bertz CT molecular complexity index is 1590. The molecule has 0 fully saturated rings. The molecule has 0 heterocycles. The highest BCUT2D eigenvalue weighted by Gasteiger charge is 2.19. The van der Waals surface area contributed by atoms with Gasteiger partial charge in [-0.3, -0.25) is 14.4 Å². The Hall–Kier alpha value is -4.97. The maximum atomic E-state index is 12.8. The maximum Gasteiger partial charge on any atom is 0.306 e. The minimum atomic E-state index is -0.860. The number of esters is 3. The number of carbonyl (C=O) groups is 3. The van der Waals surface area contributed by atoms with E-state index in [1.165, 1.54) is 32.1 Å². The van der Waals surface area contributed by atoms with Crippen molar-refractivity contribution in [3.05, 3.63) is 158 Å². The monoisotopic (exact) mass is 935 g/mol. The molecule has 0 aromatic carbocycles. The van der Waals surface area contributed by atoms with Crippen LogP contribution >= 0.6 is 0 Å². The molecule has 1 atom stereocenters. The average molecular weight is 935 g/mol. The van der Waals surface area contributed by atoms with Crippen molar-refractivity contribution in [3.8, 4) is 0 Å². The van der Waals surface area contributed by atoms with Gasteiger partial charge in [-0.2, -0.15) is 0 Å². The Morgan fingerprint density at radius 2 is 0.603 bits per heavy atom. The molecular weight excluding hydrogens is 841 g/mol. The molecule has 0 saturated carbocycles. The van der Waals surface area contributed by atoms with Gasteiger partial charge < -0.3 is 14.2 Å². The van der Waals surface area contributed by atoms with Crippen molar-refractivity contribution in [2.75, 3.05) is 13.2 Å². The molecular formula is C62H94O6. The van der Waals surface area contributed by atoms with E-state index in [0.717, 1.165) is 109 Å². The summed E-state index contributed by atoms with van der Waals surface area (Å²) in [5.41, 5.74) is 0. The molecule has 0 aliphatic carbocycles. The molecule has 0 saturated heterocycles. The van der Waals surface area contributed by atoms with Gasteiger partial charge in [0.05, 0.1) is 0 Å². The molecule has 68 heavy (non-hydrogen) atoms. The van der Waals surface area contributed by atoms with Gasteiger partial charge in [-0.15, -0.1) is 0 Å². The van der Waals surface area contributed by atoms with Crippen molar-refractivity contribution in [3.63, 3.8) is 0 Å². The Morgan fingerprint density at radius 1 is 0.309 bits per heavy atom. The Balaban J connectivity index is 4.66. The van der Waals surface area contributed by atoms with Gasteiger partial charge in [-0.25, -0.2) is 0 Å². The highest BCUT2D eigenvalue weighted by Crippen LogP contribution is 2.11. The van der Waals surface area contributed by atoms with Crippen LogP contribution in [-0.2, 0) is 28.6 Å². The zero-order valence-electron chi connectivity index (χ0n) is 43.0. The second-order valence-corrected chi connectivity index (χ2v) is 16.7. The molecule has 0 amide bonds. The molecule has 0 aliphatic heterocycles. The van der Waals surface area contributed by atoms with Crippen LogP contribution in [0.25, 0.3) is 0 Å². The number of rotatable bonds is 45. The second kappa shape index (κ2) is 54.6. The third-order valence-corrected chi connectivity index (χ3v) is 10.3. The number of hydrogen-bond acceptors (Lipinski definition) is 6. The van der Waals surface area contributed by atoms with Crippen molar-refractivity contribution in [1.29, 1.82) is 0 Å². The molecule has 0 aromatic rings. The van der Waals surface area contributed by atoms with E-state index in [-0.39, 0.29) is 38.0 Å². The van der Waals surface area contributed by atoms with Crippen molar-refractivity contribution >= 4 is 17.9 Å². The standard InChI is InChI=1S/C62H94O6/c1-4-7-10-13-16-19-22-25-27-29-31-33-35-37-40-43-46-49-52-55-61(64)67-58-59(57-66-60(63)54-51-48-45-42-39-24-21-18-15-12-9-6-3)68-62(65)56-53-50-47-44-41-38-36-34-32-30-28-26-23-20-17-14-11-8-5-2/h7-8,10-11,16-21,25-28,31-34,37-38,40-41,46-47,49-50,59H,4-6,9,12-15,22-24,29-30,35-36,39,42-45,48,51-58H2,1-3H3/b10-7-,11-8-,19-16-,20-17-,21-18-,27-25-,28-26-,33-31-,34-32-,40-37-,41-38-,49-46-,50-47-. The molecule has 0 aromatic heterocycles. The summed E-state index contributed by atoms with van der Waals surface area (Å²) < 4.78 is 16.6. The smallest absolute Gasteiger partial charge is 0.306 e. The topological polar surface area (TPSA) is 78.9 Å². The normalized spacial score (nSPS) is 13.4. The maximum absolute atomic E-state index is 12.8. The van der Waals surface area contributed by atoms with Gasteiger partial charge in [0.2, 0.25) is 0 Å². The van der Waals surface area contributed by atoms with E-state index in [2.05, 4.69) is 154 Å². The van der Waals surface area contributed by atoms with Crippen LogP contribution in [0.2, 0.25) is 0 Å². The Kier molecular flexibility index (Phi) is 50.6. The number of ether oxygens (including phenoxy) is 3. The van der Waals surface area contributed by atoms with E-state index in [1.54, 1.807) is 0 Å². The lowest BCUT2D eigenvalue weighted by atomic mass is 10.1. The summed E-state index contributed by atoms with van der Waals surface area (Å²) in [6.07, 6.45) is 79.6. The molecule has 6 nitrogen and oxygen atoms in total. The predicted octanol–water partition coefficient (Wildman–Crippen LogP) is 17.8. The zero-order chi connectivity index (χ0) is 49.3. The zero-order valence-corrected chi connectivity index (χ0v) is 43.0. The average Bonchev–Trinajstić information content (AvgIpc) is 3.34. The molecule has 0 radical (unpaired) electrons. The Labute approximate surface area is 416 Å². The fourth-order valence-electron chi connectivity index (χ4n) is 6.37. The van der Waals surface area contributed by atoms with Crippen molar-refractivity contribution < 1.29 is 28.6 Å². The first-order valence-corrected chi connectivity index (χ1v) is 26.5. The summed E-state index contributed by atoms with van der Waals surface area (Å²) in [6, 6.07) is 0. The molecule has 0 aliphatic rings. The molecule has 378 valence electrons. The van der Waals surface area contributed by atoms with Crippen LogP contribution in [0.1, 0.15) is 194 Å². The lowest BCUT2D eigenvalue weighted by Crippen LogP contribution is -2.30. The van der Waals surface area contributed by atoms with Crippen LogP contribution < -0.4 is 0 Å². The highest BCUT2D eigenvalue weighted by atomic mass is 16.6. The molecule has 0 bridgehead atoms. The minimum absolute atomic E-state index is 0.143. The number of carbonyl (C=O) groups excluding carboxylic acids is 3. The van der Waals surface area contributed by atoms with Crippen molar-refractivity contribution in [2.45, 2.75) is 200 Å². The molecule has 0 N–H and O–H groups in total. The van der Waals surface area contributed by atoms with Gasteiger partial charge in [0.15, 0.2) is 6.10 Å². The number of hydrogen-bond donors (Lipinski definition) is 0. The fourth-order valence-corrected chi connectivity index (χ4v) is 6.37. The van der Waals surface area contributed by atoms with E-state index < -0.39 is 12.1 Å². The van der Waals surface area contributed by atoms with Gasteiger partial charge >= 0.3 is 17.9 Å². The van der Waals surface area contributed by atoms with Crippen molar-refractivity contribution in [1.82, 2.24) is 0 Å². The Morgan fingerprint density at radius 3 is 0.985 bits per heavy atom. The molecule has 0 spiro atoms. The van der Waals surface area contributed by atoms with Gasteiger partial charge in [-0.05, 0) is 122 Å². The van der Waals surface area contributed by atoms with Gasteiger partial charge in [0.25, 0.3) is 0 Å². The second-order valence-electron chi connectivity index (χ2n) is 16.7.